The summed E-state index contributed by atoms with van der Waals surface area (Å²) < 4.78 is 53.0. The van der Waals surface area contributed by atoms with Crippen molar-refractivity contribution < 1.29 is 52.5 Å². The number of carbonyl (C=O) groups excluding carboxylic acids is 1. The molecule has 2 N–H and O–H groups in total. The maximum absolute atomic E-state index is 13.5. The van der Waals surface area contributed by atoms with Crippen LogP contribution in [0.3, 0.4) is 0 Å². The average molecular weight is 611 g/mol. The van der Waals surface area contributed by atoms with Crippen LogP contribution in [0, 0.1) is 23.2 Å². The van der Waals surface area contributed by atoms with Crippen LogP contribution in [0.1, 0.15) is 42.1 Å². The highest BCUT2D eigenvalue weighted by Gasteiger charge is 2.54. The van der Waals surface area contributed by atoms with Crippen LogP contribution in [0.2, 0.25) is 0 Å². The van der Waals surface area contributed by atoms with Gasteiger partial charge in [-0.05, 0) is 47.9 Å². The van der Waals surface area contributed by atoms with Crippen LogP contribution in [-0.2, 0) is 28.5 Å². The summed E-state index contributed by atoms with van der Waals surface area (Å²) in [5.41, 5.74) is 2.30. The summed E-state index contributed by atoms with van der Waals surface area (Å²) in [6, 6.07) is 9.12. The molecule has 0 radical (unpaired) electrons. The molecule has 234 valence electrons. The predicted octanol–water partition coefficient (Wildman–Crippen LogP) is 2.49. The molecule has 0 aromatic heterocycles. The van der Waals surface area contributed by atoms with Gasteiger partial charge in [-0.3, -0.25) is 10.1 Å². The number of aromatic hydroxyl groups is 1. The minimum atomic E-state index is -0.696. The van der Waals surface area contributed by atoms with Crippen molar-refractivity contribution in [3.63, 3.8) is 0 Å². The van der Waals surface area contributed by atoms with Crippen molar-refractivity contribution in [3.05, 3.63) is 41.0 Å². The highest BCUT2D eigenvalue weighted by atomic mass is 16.7. The molecule has 3 saturated heterocycles. The van der Waals surface area contributed by atoms with Crippen LogP contribution >= 0.6 is 0 Å². The molecule has 0 saturated carbocycles. The topological polar surface area (TPSA) is 156 Å². The molecule has 0 unspecified atom stereocenters. The number of rotatable bonds is 7. The van der Waals surface area contributed by atoms with E-state index in [9.17, 15) is 15.2 Å². The lowest BCUT2D eigenvalue weighted by molar-refractivity contribution is -0.324. The quantitative estimate of drug-likeness (QED) is 0.349. The van der Waals surface area contributed by atoms with E-state index < -0.39 is 36.6 Å². The summed E-state index contributed by atoms with van der Waals surface area (Å²) in [6.07, 6.45) is -2.01. The number of phenols is 1. The number of hydrogen-bond acceptors (Lipinski definition) is 13. The van der Waals surface area contributed by atoms with Crippen molar-refractivity contribution in [2.75, 3.05) is 40.8 Å². The van der Waals surface area contributed by atoms with Gasteiger partial charge in [0.15, 0.2) is 35.6 Å². The molecule has 5 aliphatic rings. The minimum absolute atomic E-state index is 0.0731. The maximum Gasteiger partial charge on any atom is 0.310 e. The maximum atomic E-state index is 13.5. The lowest BCUT2D eigenvalue weighted by Crippen LogP contribution is -2.60. The van der Waals surface area contributed by atoms with Crippen LogP contribution < -0.4 is 24.3 Å². The lowest BCUT2D eigenvalue weighted by atomic mass is 9.66. The molecule has 4 aliphatic heterocycles. The fourth-order valence-corrected chi connectivity index (χ4v) is 7.14. The SMILES string of the molecule is COc1cc([C@@H]2c3cc4c(cc3[C@@H](O[C@H]3C[C@H](NCC#N)[C@@H]5O[C@H](C)OC[C@H]5O3)[C@H]3COC(=O)[C@H]23)OCO4)cc(OC)c1O. The van der Waals surface area contributed by atoms with Gasteiger partial charge in [0, 0.05) is 24.3 Å². The van der Waals surface area contributed by atoms with E-state index in [0.717, 1.165) is 11.1 Å². The van der Waals surface area contributed by atoms with Crippen LogP contribution in [0.15, 0.2) is 24.3 Å². The van der Waals surface area contributed by atoms with Crippen LogP contribution in [0.4, 0.5) is 0 Å². The molecule has 2 aromatic carbocycles. The number of nitrogens with one attached hydrogen (secondary N) is 1. The van der Waals surface area contributed by atoms with Crippen molar-refractivity contribution in [2.45, 2.75) is 56.2 Å². The molecule has 13 nitrogen and oxygen atoms in total. The smallest absolute Gasteiger partial charge is 0.310 e. The van der Waals surface area contributed by atoms with Crippen molar-refractivity contribution in [2.24, 2.45) is 11.8 Å². The number of cyclic esters (lactones) is 1. The van der Waals surface area contributed by atoms with Crippen LogP contribution in [0.5, 0.6) is 28.7 Å². The number of benzene rings is 2. The highest BCUT2D eigenvalue weighted by molar-refractivity contribution is 5.79. The van der Waals surface area contributed by atoms with Crippen LogP contribution in [0.25, 0.3) is 0 Å². The Morgan fingerprint density at radius 1 is 1.02 bits per heavy atom. The van der Waals surface area contributed by atoms with E-state index in [1.807, 2.05) is 19.1 Å². The number of hydrogen-bond donors (Lipinski definition) is 2. The van der Waals surface area contributed by atoms with Gasteiger partial charge < -0.3 is 47.7 Å². The Labute approximate surface area is 253 Å². The van der Waals surface area contributed by atoms with Gasteiger partial charge >= 0.3 is 5.97 Å². The summed E-state index contributed by atoms with van der Waals surface area (Å²) >= 11 is 0. The zero-order valence-corrected chi connectivity index (χ0v) is 24.5. The largest absolute Gasteiger partial charge is 0.502 e. The highest BCUT2D eigenvalue weighted by Crippen LogP contribution is 2.57. The van der Waals surface area contributed by atoms with Crippen molar-refractivity contribution in [1.29, 1.82) is 5.26 Å². The Balaban J connectivity index is 1.29. The van der Waals surface area contributed by atoms with Gasteiger partial charge in [0.1, 0.15) is 12.2 Å². The Hall–Kier alpha value is -3.80. The monoisotopic (exact) mass is 610 g/mol. The summed E-state index contributed by atoms with van der Waals surface area (Å²) in [5.74, 6) is -0.430. The first kappa shape index (κ1) is 28.9. The summed E-state index contributed by atoms with van der Waals surface area (Å²) in [6.45, 7) is 2.50. The number of fused-ring (bicyclic) bond motifs is 4. The Morgan fingerprint density at radius 2 is 1.75 bits per heavy atom. The number of nitriles is 1. The number of nitrogens with zero attached hydrogens (tertiary/aromatic N) is 1. The molecular formula is C31H34N2O11. The van der Waals surface area contributed by atoms with Gasteiger partial charge in [-0.2, -0.15) is 5.26 Å². The molecule has 1 aliphatic carbocycles. The molecule has 4 heterocycles. The molecule has 0 spiro atoms. The molecule has 2 aromatic rings. The number of esters is 1. The summed E-state index contributed by atoms with van der Waals surface area (Å²) in [5, 5.41) is 23.1. The third-order valence-electron chi connectivity index (χ3n) is 9.10. The number of methoxy groups -OCH3 is 2. The van der Waals surface area contributed by atoms with Gasteiger partial charge in [0.05, 0.1) is 52.1 Å². The van der Waals surface area contributed by atoms with Gasteiger partial charge in [0.2, 0.25) is 12.5 Å². The minimum Gasteiger partial charge on any atom is -0.502 e. The molecule has 3 fully saturated rings. The van der Waals surface area contributed by atoms with Gasteiger partial charge in [-0.1, -0.05) is 0 Å². The molecule has 7 rings (SSSR count). The fourth-order valence-electron chi connectivity index (χ4n) is 7.14. The Bertz CT molecular complexity index is 1450. The first-order valence-electron chi connectivity index (χ1n) is 14.6. The van der Waals surface area contributed by atoms with E-state index in [1.54, 1.807) is 12.1 Å². The molecule has 0 bridgehead atoms. The van der Waals surface area contributed by atoms with E-state index in [0.29, 0.717) is 30.1 Å². The molecular weight excluding hydrogens is 576 g/mol. The van der Waals surface area contributed by atoms with E-state index in [-0.39, 0.29) is 61.2 Å². The van der Waals surface area contributed by atoms with E-state index >= 15 is 0 Å². The summed E-state index contributed by atoms with van der Waals surface area (Å²) in [4.78, 5) is 13.5. The number of ether oxygens (including phenoxy) is 9. The summed E-state index contributed by atoms with van der Waals surface area (Å²) in [7, 11) is 2.91. The Kier molecular flexibility index (Phi) is 7.63. The second kappa shape index (κ2) is 11.6. The van der Waals surface area contributed by atoms with Crippen molar-refractivity contribution >= 4 is 5.97 Å². The second-order valence-corrected chi connectivity index (χ2v) is 11.4. The molecule has 0 amide bonds. The lowest BCUT2D eigenvalue weighted by Gasteiger charge is -2.47. The predicted molar refractivity (Wildman–Crippen MR) is 148 cm³/mol. The molecule has 44 heavy (non-hydrogen) atoms. The number of phenolic OH excluding ortho intramolecular Hbond substituents is 1. The average Bonchev–Trinajstić information content (AvgIpc) is 3.65. The third-order valence-corrected chi connectivity index (χ3v) is 9.10. The Morgan fingerprint density at radius 3 is 2.45 bits per heavy atom. The first-order valence-corrected chi connectivity index (χ1v) is 14.6. The zero-order chi connectivity index (χ0) is 30.5. The first-order chi connectivity index (χ1) is 21.4. The number of carbonyl (C=O) groups is 1. The van der Waals surface area contributed by atoms with Crippen molar-refractivity contribution in [3.8, 4) is 34.8 Å². The fraction of sp³-hybridized carbons (Fsp3) is 0.548. The standard InChI is InChI=1S/C31H34N2O11/c1-14-38-12-24-30(42-14)19(33-5-4-32)10-25(43-24)44-29-17-9-21-20(40-13-41-21)8-16(17)26(27-18(29)11-39-31(27)35)15-6-22(36-2)28(34)23(7-15)37-3/h6-9,14,18-19,24-27,29-30,33-34H,5,10-13H2,1-3H3/t14-,18+,19+,24-,25+,26-,27+,29-,30+/m1/s1. The molecule has 9 atom stereocenters. The van der Waals surface area contributed by atoms with E-state index in [1.165, 1.54) is 14.2 Å². The second-order valence-electron chi connectivity index (χ2n) is 11.4. The third kappa shape index (κ3) is 4.87. The van der Waals surface area contributed by atoms with E-state index in [2.05, 4.69) is 11.4 Å². The van der Waals surface area contributed by atoms with Gasteiger partial charge in [-0.15, -0.1) is 0 Å². The van der Waals surface area contributed by atoms with Crippen LogP contribution in [-0.4, -0.2) is 82.7 Å². The molecule has 13 heteroatoms. The van der Waals surface area contributed by atoms with Crippen molar-refractivity contribution in [1.82, 2.24) is 5.32 Å². The normalized spacial score (nSPS) is 33.4. The van der Waals surface area contributed by atoms with E-state index in [4.69, 9.17) is 42.6 Å². The zero-order valence-electron chi connectivity index (χ0n) is 24.5. The van der Waals surface area contributed by atoms with Gasteiger partial charge in [0.25, 0.3) is 0 Å². The van der Waals surface area contributed by atoms with Gasteiger partial charge in [-0.25, -0.2) is 0 Å².